The van der Waals surface area contributed by atoms with Crippen LogP contribution < -0.4 is 0 Å². The van der Waals surface area contributed by atoms with Crippen LogP contribution in [-0.4, -0.2) is 37.1 Å². The molecule has 1 atom stereocenters. The summed E-state index contributed by atoms with van der Waals surface area (Å²) in [5.41, 5.74) is 2.43. The van der Waals surface area contributed by atoms with E-state index in [1.54, 1.807) is 12.3 Å². The zero-order chi connectivity index (χ0) is 15.3. The third-order valence-electron chi connectivity index (χ3n) is 4.12. The molecule has 3 heterocycles. The Kier molecular flexibility index (Phi) is 2.94. The van der Waals surface area contributed by atoms with Crippen molar-refractivity contribution >= 4 is 28.5 Å². The van der Waals surface area contributed by atoms with Crippen LogP contribution in [0.4, 0.5) is 0 Å². The highest BCUT2D eigenvalue weighted by Crippen LogP contribution is 2.27. The number of para-hydroxylation sites is 1. The minimum absolute atomic E-state index is 0.0348. The van der Waals surface area contributed by atoms with Crippen molar-refractivity contribution in [2.45, 2.75) is 19.5 Å². The van der Waals surface area contributed by atoms with Gasteiger partial charge in [-0.15, -0.1) is 0 Å². The second-order valence-electron chi connectivity index (χ2n) is 5.38. The molecule has 0 radical (unpaired) electrons. The molecule has 1 aliphatic rings. The number of halogens is 1. The molecule has 1 N–H and O–H groups in total. The van der Waals surface area contributed by atoms with Crippen molar-refractivity contribution in [3.8, 4) is 0 Å². The number of hydrogen-bond acceptors (Lipinski definition) is 3. The van der Waals surface area contributed by atoms with Crippen LogP contribution in [0.5, 0.6) is 0 Å². The van der Waals surface area contributed by atoms with Gasteiger partial charge in [-0.2, -0.15) is 5.10 Å². The van der Waals surface area contributed by atoms with Crippen molar-refractivity contribution in [2.24, 2.45) is 0 Å². The van der Waals surface area contributed by atoms with E-state index in [1.165, 1.54) is 0 Å². The molecule has 0 fully saturated rings. The second-order valence-corrected chi connectivity index (χ2v) is 5.78. The van der Waals surface area contributed by atoms with Crippen LogP contribution in [-0.2, 0) is 6.54 Å². The summed E-state index contributed by atoms with van der Waals surface area (Å²) in [6.07, 6.45) is 1.76. The highest BCUT2D eigenvalue weighted by molar-refractivity contribution is 6.35. The van der Waals surface area contributed by atoms with Crippen LogP contribution in [0.15, 0.2) is 30.5 Å². The van der Waals surface area contributed by atoms with Gasteiger partial charge in [-0.05, 0) is 25.1 Å². The Hall–Kier alpha value is -2.34. The number of aromatic amines is 1. The molecule has 22 heavy (non-hydrogen) atoms. The smallest absolute Gasteiger partial charge is 0.290 e. The highest BCUT2D eigenvalue weighted by atomic mass is 35.5. The number of nitrogens with one attached hydrogen (secondary N) is 1. The van der Waals surface area contributed by atoms with Gasteiger partial charge < -0.3 is 9.88 Å². The van der Waals surface area contributed by atoms with E-state index < -0.39 is 0 Å². The summed E-state index contributed by atoms with van der Waals surface area (Å²) in [6.45, 7) is 3.30. The Balaban J connectivity index is 1.70. The van der Waals surface area contributed by atoms with E-state index in [1.807, 2.05) is 34.7 Å². The summed E-state index contributed by atoms with van der Waals surface area (Å²) >= 11 is 6.12. The van der Waals surface area contributed by atoms with Gasteiger partial charge in [-0.1, -0.05) is 17.7 Å². The lowest BCUT2D eigenvalue weighted by Crippen LogP contribution is -2.41. The zero-order valence-corrected chi connectivity index (χ0v) is 12.7. The average molecular weight is 316 g/mol. The molecule has 7 heteroatoms. The first-order chi connectivity index (χ1) is 10.6. The first kappa shape index (κ1) is 13.3. The quantitative estimate of drug-likeness (QED) is 0.750. The molecule has 112 valence electrons. The molecular formula is C15H14ClN5O. The first-order valence-corrected chi connectivity index (χ1v) is 7.50. The minimum atomic E-state index is -0.118. The van der Waals surface area contributed by atoms with Gasteiger partial charge in [0.2, 0.25) is 0 Å². The normalized spacial score (nSPS) is 17.7. The summed E-state index contributed by atoms with van der Waals surface area (Å²) in [5, 5.41) is 4.80. The third-order valence-corrected chi connectivity index (χ3v) is 4.43. The maximum Gasteiger partial charge on any atom is 0.290 e. The number of hydrogen-bond donors (Lipinski definition) is 1. The monoisotopic (exact) mass is 315 g/mol. The molecular weight excluding hydrogens is 302 g/mol. The van der Waals surface area contributed by atoms with Gasteiger partial charge in [-0.3, -0.25) is 9.48 Å². The van der Waals surface area contributed by atoms with Crippen molar-refractivity contribution < 1.29 is 4.79 Å². The molecule has 0 saturated carbocycles. The summed E-state index contributed by atoms with van der Waals surface area (Å²) in [4.78, 5) is 22.0. The van der Waals surface area contributed by atoms with Gasteiger partial charge in [0.25, 0.3) is 5.91 Å². The molecule has 1 amide bonds. The number of carbonyl (C=O) groups is 1. The van der Waals surface area contributed by atoms with E-state index in [0.29, 0.717) is 29.5 Å². The Morgan fingerprint density at radius 3 is 3.05 bits per heavy atom. The first-order valence-electron chi connectivity index (χ1n) is 7.12. The van der Waals surface area contributed by atoms with Crippen LogP contribution in [0.2, 0.25) is 5.02 Å². The van der Waals surface area contributed by atoms with Crippen LogP contribution in [0, 0.1) is 0 Å². The highest BCUT2D eigenvalue weighted by Gasteiger charge is 2.30. The van der Waals surface area contributed by atoms with Crippen LogP contribution in [0.3, 0.4) is 0 Å². The van der Waals surface area contributed by atoms with E-state index in [4.69, 9.17) is 11.6 Å². The van der Waals surface area contributed by atoms with Gasteiger partial charge in [0, 0.05) is 12.7 Å². The van der Waals surface area contributed by atoms with E-state index in [0.717, 1.165) is 11.2 Å². The fourth-order valence-corrected chi connectivity index (χ4v) is 3.17. The Morgan fingerprint density at radius 2 is 2.23 bits per heavy atom. The molecule has 1 aromatic carbocycles. The van der Waals surface area contributed by atoms with E-state index >= 15 is 0 Å². The van der Waals surface area contributed by atoms with Crippen molar-refractivity contribution in [2.75, 3.05) is 6.54 Å². The van der Waals surface area contributed by atoms with Gasteiger partial charge in [0.15, 0.2) is 5.82 Å². The largest absolute Gasteiger partial charge is 0.334 e. The number of aromatic nitrogens is 4. The number of fused-ring (bicyclic) bond motifs is 2. The predicted octanol–water partition coefficient (Wildman–Crippen LogP) is 2.63. The number of nitrogens with zero attached hydrogens (tertiary/aromatic N) is 4. The van der Waals surface area contributed by atoms with E-state index in [2.05, 4.69) is 15.1 Å². The maximum absolute atomic E-state index is 12.8. The molecule has 0 aliphatic carbocycles. The van der Waals surface area contributed by atoms with E-state index in [9.17, 15) is 4.79 Å². The molecule has 1 unspecified atom stereocenters. The topological polar surface area (TPSA) is 66.8 Å². The molecule has 1 aliphatic heterocycles. The Morgan fingerprint density at radius 1 is 1.36 bits per heavy atom. The standard InChI is InChI=1S/C15H14ClN5O/c1-9-12-5-6-17-21(12)8-7-20(9)15(22)14-18-11-4-2-3-10(16)13(11)19-14/h2-6,9H,7-8H2,1H3,(H,18,19). The fourth-order valence-electron chi connectivity index (χ4n) is 2.95. The average Bonchev–Trinajstić information content (AvgIpc) is 3.14. The fraction of sp³-hybridized carbons (Fsp3) is 0.267. The van der Waals surface area contributed by atoms with Crippen molar-refractivity contribution in [3.63, 3.8) is 0 Å². The summed E-state index contributed by atoms with van der Waals surface area (Å²) in [6, 6.07) is 7.37. The molecule has 0 spiro atoms. The molecule has 2 aromatic heterocycles. The predicted molar refractivity (Wildman–Crippen MR) is 82.8 cm³/mol. The lowest BCUT2D eigenvalue weighted by molar-refractivity contribution is 0.0625. The summed E-state index contributed by atoms with van der Waals surface area (Å²) in [7, 11) is 0. The van der Waals surface area contributed by atoms with Crippen molar-refractivity contribution in [1.82, 2.24) is 24.6 Å². The molecule has 0 bridgehead atoms. The number of amides is 1. The van der Waals surface area contributed by atoms with Crippen LogP contribution in [0.1, 0.15) is 29.3 Å². The Bertz CT molecular complexity index is 868. The molecule has 3 aromatic rings. The maximum atomic E-state index is 12.8. The summed E-state index contributed by atoms with van der Waals surface area (Å²) < 4.78 is 1.93. The molecule has 6 nitrogen and oxygen atoms in total. The lowest BCUT2D eigenvalue weighted by Gasteiger charge is -2.33. The lowest BCUT2D eigenvalue weighted by atomic mass is 10.1. The second kappa shape index (κ2) is 4.84. The number of H-pyrrole nitrogens is 1. The number of carbonyl (C=O) groups excluding carboxylic acids is 1. The molecule has 4 rings (SSSR count). The number of imidazole rings is 1. The van der Waals surface area contributed by atoms with Gasteiger partial charge in [0.1, 0.15) is 5.52 Å². The van der Waals surface area contributed by atoms with Crippen LogP contribution >= 0.6 is 11.6 Å². The zero-order valence-electron chi connectivity index (χ0n) is 12.0. The van der Waals surface area contributed by atoms with Gasteiger partial charge in [0.05, 0.1) is 28.8 Å². The van der Waals surface area contributed by atoms with Gasteiger partial charge >= 0.3 is 0 Å². The molecule has 0 saturated heterocycles. The number of benzene rings is 1. The van der Waals surface area contributed by atoms with Gasteiger partial charge in [-0.25, -0.2) is 4.98 Å². The third kappa shape index (κ3) is 1.91. The number of rotatable bonds is 1. The Labute approximate surface area is 131 Å². The van der Waals surface area contributed by atoms with E-state index in [-0.39, 0.29) is 11.9 Å². The SMILES string of the molecule is CC1c2ccnn2CCN1C(=O)c1nc2c(Cl)cccc2[nH]1. The van der Waals surface area contributed by atoms with Crippen molar-refractivity contribution in [1.29, 1.82) is 0 Å². The minimum Gasteiger partial charge on any atom is -0.334 e. The van der Waals surface area contributed by atoms with Crippen LogP contribution in [0.25, 0.3) is 11.0 Å². The summed E-state index contributed by atoms with van der Waals surface area (Å²) in [5.74, 6) is 0.204. The van der Waals surface area contributed by atoms with Crippen molar-refractivity contribution in [3.05, 3.63) is 47.0 Å².